The van der Waals surface area contributed by atoms with Crippen molar-refractivity contribution in [2.45, 2.75) is 25.3 Å². The number of rotatable bonds is 3. The molecule has 2 aliphatic heterocycles. The third-order valence-electron chi connectivity index (χ3n) is 6.47. The minimum absolute atomic E-state index is 0.0135. The van der Waals surface area contributed by atoms with Crippen molar-refractivity contribution in [3.8, 4) is 0 Å². The number of amides is 2. The number of nitrogens with one attached hydrogen (secondary N) is 1. The molecule has 0 saturated carbocycles. The Bertz CT molecular complexity index is 1120. The summed E-state index contributed by atoms with van der Waals surface area (Å²) in [5.41, 5.74) is 3.01. The van der Waals surface area contributed by atoms with Gasteiger partial charge in [0.2, 0.25) is 0 Å². The van der Waals surface area contributed by atoms with Gasteiger partial charge in [0, 0.05) is 36.7 Å². The number of carbonyl (C=O) groups excluding carboxylic acids is 1. The van der Waals surface area contributed by atoms with Crippen LogP contribution in [0.1, 0.15) is 28.8 Å². The number of hydrogen-bond acceptors (Lipinski definition) is 5. The van der Waals surface area contributed by atoms with Crippen molar-refractivity contribution in [3.63, 3.8) is 0 Å². The van der Waals surface area contributed by atoms with Gasteiger partial charge in [-0.1, -0.05) is 11.6 Å². The average Bonchev–Trinajstić information content (AvgIpc) is 3.38. The lowest BCUT2D eigenvalue weighted by Gasteiger charge is -2.60. The van der Waals surface area contributed by atoms with E-state index in [2.05, 4.69) is 15.4 Å². The second kappa shape index (κ2) is 7.24. The quantitative estimate of drug-likeness (QED) is 0.642. The molecule has 1 spiro atoms. The van der Waals surface area contributed by atoms with Crippen LogP contribution in [0.2, 0.25) is 4.34 Å². The molecular formula is C20H20ClN5O3S. The van der Waals surface area contributed by atoms with Crippen LogP contribution < -0.4 is 0 Å². The van der Waals surface area contributed by atoms with Crippen molar-refractivity contribution in [3.05, 3.63) is 45.1 Å². The first-order chi connectivity index (χ1) is 14.4. The van der Waals surface area contributed by atoms with E-state index < -0.39 is 6.09 Å². The van der Waals surface area contributed by atoms with Gasteiger partial charge >= 0.3 is 6.09 Å². The molecule has 1 aromatic carbocycles. The van der Waals surface area contributed by atoms with Gasteiger partial charge < -0.3 is 14.9 Å². The fraction of sp³-hybridized carbons (Fsp3) is 0.400. The molecule has 5 rings (SSSR count). The highest BCUT2D eigenvalue weighted by Crippen LogP contribution is 2.48. The van der Waals surface area contributed by atoms with Gasteiger partial charge in [0.15, 0.2) is 0 Å². The lowest BCUT2D eigenvalue weighted by molar-refractivity contribution is -0.0834. The van der Waals surface area contributed by atoms with E-state index in [9.17, 15) is 14.7 Å². The topological polar surface area (TPSA) is 102 Å². The Balaban J connectivity index is 1.41. The maximum atomic E-state index is 13.3. The first-order valence-electron chi connectivity index (χ1n) is 9.77. The molecule has 0 radical (unpaired) electrons. The van der Waals surface area contributed by atoms with Gasteiger partial charge in [-0.2, -0.15) is 15.4 Å². The Hall–Kier alpha value is -2.65. The number of aromatic amines is 1. The summed E-state index contributed by atoms with van der Waals surface area (Å²) in [6, 6.07) is 7.30. The number of thiophene rings is 1. The molecule has 2 amide bonds. The summed E-state index contributed by atoms with van der Waals surface area (Å²) in [5.74, 6) is -0.0301. The smallest absolute Gasteiger partial charge is 0.407 e. The summed E-state index contributed by atoms with van der Waals surface area (Å²) in [4.78, 5) is 28.0. The molecule has 1 atom stereocenters. The van der Waals surface area contributed by atoms with Gasteiger partial charge in [0.25, 0.3) is 5.91 Å². The van der Waals surface area contributed by atoms with E-state index in [1.165, 1.54) is 16.2 Å². The second-order valence-electron chi connectivity index (χ2n) is 8.07. The minimum Gasteiger partial charge on any atom is -0.465 e. The number of H-pyrrole nitrogens is 1. The number of benzene rings is 1. The van der Waals surface area contributed by atoms with Crippen LogP contribution in [0.5, 0.6) is 0 Å². The monoisotopic (exact) mass is 445 g/mol. The molecule has 4 heterocycles. The van der Waals surface area contributed by atoms with Gasteiger partial charge in [-0.3, -0.25) is 4.79 Å². The summed E-state index contributed by atoms with van der Waals surface area (Å²) in [7, 11) is 0. The predicted molar refractivity (Wildman–Crippen MR) is 113 cm³/mol. The molecule has 2 aliphatic rings. The van der Waals surface area contributed by atoms with E-state index in [1.54, 1.807) is 18.2 Å². The molecule has 10 heteroatoms. The fourth-order valence-electron chi connectivity index (χ4n) is 4.76. The van der Waals surface area contributed by atoms with Gasteiger partial charge in [-0.05, 0) is 54.5 Å². The summed E-state index contributed by atoms with van der Waals surface area (Å²) >= 11 is 7.61. The van der Waals surface area contributed by atoms with Crippen LogP contribution in [0, 0.1) is 5.41 Å². The molecule has 8 nitrogen and oxygen atoms in total. The molecule has 1 unspecified atom stereocenters. The van der Waals surface area contributed by atoms with Crippen LogP contribution >= 0.6 is 22.9 Å². The number of piperidine rings is 1. The third-order valence-corrected chi connectivity index (χ3v) is 7.61. The Morgan fingerprint density at radius 2 is 2.00 bits per heavy atom. The van der Waals surface area contributed by atoms with Crippen molar-refractivity contribution < 1.29 is 14.7 Å². The summed E-state index contributed by atoms with van der Waals surface area (Å²) < 4.78 is 0.730. The Morgan fingerprint density at radius 1 is 1.23 bits per heavy atom. The van der Waals surface area contributed by atoms with E-state index in [0.717, 1.165) is 28.3 Å². The average molecular weight is 446 g/mol. The van der Waals surface area contributed by atoms with Crippen molar-refractivity contribution in [2.75, 3.05) is 19.6 Å². The molecule has 156 valence electrons. The number of halogens is 1. The molecule has 0 aliphatic carbocycles. The van der Waals surface area contributed by atoms with Crippen molar-refractivity contribution in [2.24, 2.45) is 5.41 Å². The van der Waals surface area contributed by atoms with Crippen LogP contribution in [0.25, 0.3) is 11.0 Å². The van der Waals surface area contributed by atoms with E-state index in [-0.39, 0.29) is 17.4 Å². The number of hydrogen-bond donors (Lipinski definition) is 2. The molecule has 30 heavy (non-hydrogen) atoms. The van der Waals surface area contributed by atoms with Crippen molar-refractivity contribution in [1.82, 2.24) is 25.2 Å². The summed E-state index contributed by atoms with van der Waals surface area (Å²) in [5, 5.41) is 22.0. The zero-order valence-electron chi connectivity index (χ0n) is 16.0. The third kappa shape index (κ3) is 3.22. The molecule has 2 fully saturated rings. The lowest BCUT2D eigenvalue weighted by atomic mass is 9.63. The number of likely N-dealkylation sites (tertiary alicyclic amines) is 2. The zero-order chi connectivity index (χ0) is 20.9. The van der Waals surface area contributed by atoms with Crippen LogP contribution in [0.15, 0.2) is 29.6 Å². The number of carboxylic acid groups (broad SMARTS) is 1. The van der Waals surface area contributed by atoms with Crippen LogP contribution in [-0.2, 0) is 6.42 Å². The van der Waals surface area contributed by atoms with E-state index in [4.69, 9.17) is 11.6 Å². The molecule has 3 aromatic rings. The molecule has 2 saturated heterocycles. The van der Waals surface area contributed by atoms with Crippen molar-refractivity contribution >= 4 is 46.0 Å². The highest BCUT2D eigenvalue weighted by Gasteiger charge is 2.55. The van der Waals surface area contributed by atoms with Crippen LogP contribution in [0.3, 0.4) is 0 Å². The van der Waals surface area contributed by atoms with Crippen LogP contribution in [-0.4, -0.2) is 68.0 Å². The highest BCUT2D eigenvalue weighted by atomic mass is 35.5. The molecule has 2 N–H and O–H groups in total. The first kappa shape index (κ1) is 19.3. The normalized spacial score (nSPS) is 20.5. The highest BCUT2D eigenvalue weighted by molar-refractivity contribution is 7.14. The van der Waals surface area contributed by atoms with Gasteiger partial charge in [0.1, 0.15) is 11.0 Å². The molecular weight excluding hydrogens is 426 g/mol. The van der Waals surface area contributed by atoms with Gasteiger partial charge in [-0.15, -0.1) is 11.3 Å². The van der Waals surface area contributed by atoms with E-state index >= 15 is 0 Å². The number of carbonyl (C=O) groups is 2. The Kier molecular flexibility index (Phi) is 4.67. The first-order valence-corrected chi connectivity index (χ1v) is 11.0. The number of aromatic nitrogens is 3. The predicted octanol–water partition coefficient (Wildman–Crippen LogP) is 3.50. The SMILES string of the molecule is O=C(O)N1CCC2(CC1)CN(C(=O)c1ccc3n[nH]nc3c1)C2Cc1csc(Cl)c1. The summed E-state index contributed by atoms with van der Waals surface area (Å²) in [6.45, 7) is 1.64. The molecule has 2 aromatic heterocycles. The fourth-order valence-corrected chi connectivity index (χ4v) is 5.68. The van der Waals surface area contributed by atoms with Crippen LogP contribution in [0.4, 0.5) is 4.79 Å². The molecule has 0 bridgehead atoms. The Morgan fingerprint density at radius 3 is 2.70 bits per heavy atom. The number of nitrogens with zero attached hydrogens (tertiary/aromatic N) is 4. The largest absolute Gasteiger partial charge is 0.465 e. The van der Waals surface area contributed by atoms with E-state index in [0.29, 0.717) is 37.1 Å². The lowest BCUT2D eigenvalue weighted by Crippen LogP contribution is -2.69. The number of fused-ring (bicyclic) bond motifs is 1. The van der Waals surface area contributed by atoms with Gasteiger partial charge in [-0.25, -0.2) is 4.79 Å². The minimum atomic E-state index is -0.876. The zero-order valence-corrected chi connectivity index (χ0v) is 17.6. The Labute approximate surface area is 181 Å². The maximum absolute atomic E-state index is 13.3. The standard InChI is InChI=1S/C20H20ClN5O3S/c21-17-8-12(10-30-17)7-16-20(3-5-25(6-4-20)19(28)29)11-26(16)18(27)13-1-2-14-15(9-13)23-24-22-14/h1-2,8-10,16H,3-7,11H2,(H,28,29)(H,22,23,24). The maximum Gasteiger partial charge on any atom is 0.407 e. The second-order valence-corrected chi connectivity index (χ2v) is 9.61. The summed E-state index contributed by atoms with van der Waals surface area (Å²) in [6.07, 6.45) is 1.36. The van der Waals surface area contributed by atoms with E-state index in [1.807, 2.05) is 16.3 Å². The van der Waals surface area contributed by atoms with Gasteiger partial charge in [0.05, 0.1) is 4.34 Å². The van der Waals surface area contributed by atoms with Crippen molar-refractivity contribution in [1.29, 1.82) is 0 Å².